The van der Waals surface area contributed by atoms with Gasteiger partial charge in [-0.15, -0.1) is 0 Å². The Bertz CT molecular complexity index is 1850. The van der Waals surface area contributed by atoms with E-state index in [1.807, 2.05) is 85.8 Å². The number of aryl methyl sites for hydroxylation is 1. The van der Waals surface area contributed by atoms with Crippen LogP contribution in [-0.4, -0.2) is 38.7 Å². The van der Waals surface area contributed by atoms with Crippen LogP contribution in [0.1, 0.15) is 22.9 Å². The lowest BCUT2D eigenvalue weighted by Gasteiger charge is -2.40. The highest BCUT2D eigenvalue weighted by atomic mass is 79.9. The first kappa shape index (κ1) is 25.0. The molecule has 1 atom stereocenters. The monoisotopic (exact) mass is 605 g/mol. The second kappa shape index (κ2) is 9.90. The van der Waals surface area contributed by atoms with Gasteiger partial charge in [-0.3, -0.25) is 0 Å². The summed E-state index contributed by atoms with van der Waals surface area (Å²) in [6.07, 6.45) is 1.73. The first-order valence-electron chi connectivity index (χ1n) is 13.0. The number of ether oxygens (including phenoxy) is 1. The van der Waals surface area contributed by atoms with Gasteiger partial charge in [-0.2, -0.15) is 9.78 Å². The van der Waals surface area contributed by atoms with Gasteiger partial charge in [0.25, 0.3) is 0 Å². The molecule has 4 heterocycles. The molecule has 2 aliphatic heterocycles. The van der Waals surface area contributed by atoms with Crippen LogP contribution in [-0.2, 0) is 0 Å². The molecule has 1 unspecified atom stereocenters. The second-order valence-electron chi connectivity index (χ2n) is 9.64. The number of aromatic nitrogens is 3. The number of amidine groups is 2. The summed E-state index contributed by atoms with van der Waals surface area (Å²) in [5.74, 6) is 3.34. The lowest BCUT2D eigenvalue weighted by atomic mass is 9.92. The SMILES string of the molecule is COc1ccc(NC2=Nc3ccccc3N3C2=Nc2c(c(C)nn2-c2ccccn2)C3c2cc(Br)ccc2O)cc1. The zero-order chi connectivity index (χ0) is 28.1. The molecule has 0 amide bonds. The number of nitrogens with zero attached hydrogens (tertiary/aromatic N) is 6. The molecule has 41 heavy (non-hydrogen) atoms. The highest BCUT2D eigenvalue weighted by Gasteiger charge is 2.42. The topological polar surface area (TPSA) is 100 Å². The molecule has 0 fully saturated rings. The molecular weight excluding hydrogens is 582 g/mol. The first-order valence-corrected chi connectivity index (χ1v) is 13.8. The molecule has 2 aromatic heterocycles. The Morgan fingerprint density at radius 2 is 1.76 bits per heavy atom. The van der Waals surface area contributed by atoms with Crippen LogP contribution in [0.2, 0.25) is 0 Å². The third-order valence-corrected chi connectivity index (χ3v) is 7.63. The molecule has 3 aromatic carbocycles. The molecule has 10 heteroatoms. The van der Waals surface area contributed by atoms with E-state index in [4.69, 9.17) is 19.8 Å². The molecular formula is C31H24BrN7O2. The van der Waals surface area contributed by atoms with Gasteiger partial charge in [-0.05, 0) is 73.7 Å². The fraction of sp³-hybridized carbons (Fsp3) is 0.0968. The van der Waals surface area contributed by atoms with E-state index in [-0.39, 0.29) is 5.75 Å². The largest absolute Gasteiger partial charge is 0.508 e. The zero-order valence-electron chi connectivity index (χ0n) is 22.2. The van der Waals surface area contributed by atoms with Crippen molar-refractivity contribution in [3.8, 4) is 17.3 Å². The van der Waals surface area contributed by atoms with Crippen molar-refractivity contribution >= 4 is 50.5 Å². The number of methoxy groups -OCH3 is 1. The summed E-state index contributed by atoms with van der Waals surface area (Å²) in [6, 6.07) is 26.2. The minimum absolute atomic E-state index is 0.167. The van der Waals surface area contributed by atoms with E-state index in [1.54, 1.807) is 24.1 Å². The van der Waals surface area contributed by atoms with E-state index in [9.17, 15) is 5.11 Å². The van der Waals surface area contributed by atoms with Crippen molar-refractivity contribution in [3.05, 3.63) is 112 Å². The predicted octanol–water partition coefficient (Wildman–Crippen LogP) is 6.85. The number of pyridine rings is 1. The number of anilines is 2. The van der Waals surface area contributed by atoms with Gasteiger partial charge in [0.1, 0.15) is 11.5 Å². The number of nitrogens with one attached hydrogen (secondary N) is 1. The Labute approximate surface area is 244 Å². The summed E-state index contributed by atoms with van der Waals surface area (Å²) in [5.41, 5.74) is 4.83. The molecule has 2 aliphatic rings. The molecule has 0 aliphatic carbocycles. The van der Waals surface area contributed by atoms with Crippen molar-refractivity contribution in [2.24, 2.45) is 9.98 Å². The van der Waals surface area contributed by atoms with Crippen LogP contribution in [0.4, 0.5) is 22.9 Å². The van der Waals surface area contributed by atoms with Crippen LogP contribution >= 0.6 is 15.9 Å². The van der Waals surface area contributed by atoms with Gasteiger partial charge >= 0.3 is 0 Å². The number of rotatable bonds is 4. The van der Waals surface area contributed by atoms with Gasteiger partial charge in [0.15, 0.2) is 23.3 Å². The van der Waals surface area contributed by atoms with E-state index in [1.165, 1.54) is 0 Å². The Kier molecular flexibility index (Phi) is 6.05. The Hall–Kier alpha value is -4.96. The minimum atomic E-state index is -0.461. The summed E-state index contributed by atoms with van der Waals surface area (Å²) in [7, 11) is 1.64. The predicted molar refractivity (Wildman–Crippen MR) is 163 cm³/mol. The maximum atomic E-state index is 11.2. The molecule has 0 radical (unpaired) electrons. The number of benzene rings is 3. The molecule has 0 bridgehead atoms. The zero-order valence-corrected chi connectivity index (χ0v) is 23.7. The first-order chi connectivity index (χ1) is 20.0. The summed E-state index contributed by atoms with van der Waals surface area (Å²) in [6.45, 7) is 1.96. The number of para-hydroxylation sites is 2. The maximum Gasteiger partial charge on any atom is 0.179 e. The maximum absolute atomic E-state index is 11.2. The quantitative estimate of drug-likeness (QED) is 0.232. The number of hydrogen-bond donors (Lipinski definition) is 2. The minimum Gasteiger partial charge on any atom is -0.508 e. The van der Waals surface area contributed by atoms with E-state index in [0.29, 0.717) is 28.9 Å². The third kappa shape index (κ3) is 4.23. The highest BCUT2D eigenvalue weighted by molar-refractivity contribution is 9.10. The molecule has 0 spiro atoms. The third-order valence-electron chi connectivity index (χ3n) is 7.14. The van der Waals surface area contributed by atoms with E-state index >= 15 is 0 Å². The Morgan fingerprint density at radius 1 is 0.951 bits per heavy atom. The number of aliphatic imine (C=N–C) groups is 2. The number of hydrogen-bond acceptors (Lipinski definition) is 8. The molecule has 202 valence electrons. The van der Waals surface area contributed by atoms with Crippen molar-refractivity contribution in [1.29, 1.82) is 0 Å². The van der Waals surface area contributed by atoms with Gasteiger partial charge in [-0.1, -0.05) is 34.1 Å². The van der Waals surface area contributed by atoms with Gasteiger partial charge in [-0.25, -0.2) is 15.0 Å². The van der Waals surface area contributed by atoms with Gasteiger partial charge in [0, 0.05) is 27.5 Å². The molecule has 7 rings (SSSR count). The molecule has 0 saturated carbocycles. The van der Waals surface area contributed by atoms with Crippen molar-refractivity contribution in [3.63, 3.8) is 0 Å². The van der Waals surface area contributed by atoms with E-state index in [2.05, 4.69) is 31.1 Å². The fourth-order valence-corrected chi connectivity index (χ4v) is 5.66. The summed E-state index contributed by atoms with van der Waals surface area (Å²) in [4.78, 5) is 16.9. The molecule has 0 saturated heterocycles. The molecule has 2 N–H and O–H groups in total. The lowest BCUT2D eigenvalue weighted by Crippen LogP contribution is -2.46. The van der Waals surface area contributed by atoms with Crippen molar-refractivity contribution in [2.75, 3.05) is 17.3 Å². The number of halogens is 1. The van der Waals surface area contributed by atoms with Crippen LogP contribution in [0, 0.1) is 6.92 Å². The van der Waals surface area contributed by atoms with Crippen LogP contribution < -0.4 is 15.0 Å². The summed E-state index contributed by atoms with van der Waals surface area (Å²) < 4.78 is 7.94. The van der Waals surface area contributed by atoms with Crippen LogP contribution in [0.3, 0.4) is 0 Å². The summed E-state index contributed by atoms with van der Waals surface area (Å²) >= 11 is 3.61. The van der Waals surface area contributed by atoms with E-state index < -0.39 is 6.04 Å². The summed E-state index contributed by atoms with van der Waals surface area (Å²) in [5, 5.41) is 19.6. The lowest BCUT2D eigenvalue weighted by molar-refractivity contribution is 0.415. The van der Waals surface area contributed by atoms with Crippen molar-refractivity contribution in [1.82, 2.24) is 14.8 Å². The average molecular weight is 606 g/mol. The molecule has 5 aromatic rings. The number of aromatic hydroxyl groups is 1. The Morgan fingerprint density at radius 3 is 2.54 bits per heavy atom. The number of phenolic OH excluding ortho intramolecular Hbond substituents is 1. The van der Waals surface area contributed by atoms with Crippen LogP contribution in [0.5, 0.6) is 11.5 Å². The number of phenols is 1. The second-order valence-corrected chi connectivity index (χ2v) is 10.6. The van der Waals surface area contributed by atoms with Crippen LogP contribution in [0.25, 0.3) is 5.82 Å². The van der Waals surface area contributed by atoms with Gasteiger partial charge < -0.3 is 20.1 Å². The fourth-order valence-electron chi connectivity index (χ4n) is 5.29. The van der Waals surface area contributed by atoms with Gasteiger partial charge in [0.2, 0.25) is 0 Å². The standard InChI is InChI=1S/C31H24BrN7O2/c1-18-27-28(22-17-19(32)10-15-25(22)40)38-24-8-4-3-7-23(24)35-29(34-20-11-13-21(41-2)14-12-20)31(38)36-30(27)39(37-18)26-9-5-6-16-33-26/h3-17,28,40H,1-2H3,(H,34,35). The average Bonchev–Trinajstić information content (AvgIpc) is 3.34. The normalized spacial score (nSPS) is 15.3. The highest BCUT2D eigenvalue weighted by Crippen LogP contribution is 2.50. The van der Waals surface area contributed by atoms with Crippen molar-refractivity contribution < 1.29 is 9.84 Å². The van der Waals surface area contributed by atoms with Crippen LogP contribution in [0.15, 0.2) is 106 Å². The molecule has 9 nitrogen and oxygen atoms in total. The van der Waals surface area contributed by atoms with Gasteiger partial charge in [0.05, 0.1) is 30.2 Å². The van der Waals surface area contributed by atoms with Crippen molar-refractivity contribution in [2.45, 2.75) is 13.0 Å². The number of fused-ring (bicyclic) bond motifs is 4. The van der Waals surface area contributed by atoms with E-state index in [0.717, 1.165) is 38.5 Å². The Balaban J connectivity index is 1.49. The smallest absolute Gasteiger partial charge is 0.179 e.